The molecule has 56 heavy (non-hydrogen) atoms. The quantitative estimate of drug-likeness (QED) is 0.0139. The van der Waals surface area contributed by atoms with Gasteiger partial charge in [-0.2, -0.15) is 0 Å². The SMILES string of the molecule is CCCCCCCCCCCCCC/C=C/O[C@H](COC(=O)CCC/C=C\C[C@H]1[C@@H](O)CC(=O)[C@@H]1/C=C/[C@@H](O)CCCCC)COP(=O)(O)OCC[N+](C)(C)C. The summed E-state index contributed by atoms with van der Waals surface area (Å²) >= 11 is 0. The molecule has 0 radical (unpaired) electrons. The van der Waals surface area contributed by atoms with Crippen molar-refractivity contribution in [3.05, 3.63) is 36.6 Å². The molecule has 0 spiro atoms. The van der Waals surface area contributed by atoms with Gasteiger partial charge in [0, 0.05) is 24.7 Å². The highest BCUT2D eigenvalue weighted by atomic mass is 31.2. The van der Waals surface area contributed by atoms with Crippen molar-refractivity contribution < 1.29 is 52.3 Å². The zero-order chi connectivity index (χ0) is 41.5. The fraction of sp³-hybridized carbons (Fsp3) is 0.818. The number of phosphoric acid groups is 1. The average Bonchev–Trinajstić information content (AvgIpc) is 3.41. The van der Waals surface area contributed by atoms with Crippen molar-refractivity contribution >= 4 is 19.6 Å². The van der Waals surface area contributed by atoms with E-state index in [2.05, 4.69) is 13.8 Å². The largest absolute Gasteiger partial charge is 0.492 e. The number of aliphatic hydroxyl groups is 2. The molecule has 12 heteroatoms. The number of phosphoric ester groups is 1. The van der Waals surface area contributed by atoms with Gasteiger partial charge in [0.25, 0.3) is 0 Å². The van der Waals surface area contributed by atoms with Gasteiger partial charge in [-0.25, -0.2) is 4.57 Å². The monoisotopic (exact) mass is 815 g/mol. The molecule has 0 bridgehead atoms. The lowest BCUT2D eigenvalue weighted by molar-refractivity contribution is -0.870. The Labute approximate surface area is 340 Å². The van der Waals surface area contributed by atoms with Gasteiger partial charge < -0.3 is 29.1 Å². The van der Waals surface area contributed by atoms with Gasteiger partial charge in [0.1, 0.15) is 25.5 Å². The number of aliphatic hydroxyl groups excluding tert-OH is 2. The lowest BCUT2D eigenvalue weighted by atomic mass is 9.90. The highest BCUT2D eigenvalue weighted by Crippen LogP contribution is 2.43. The molecule has 0 aliphatic heterocycles. The smallest absolute Gasteiger partial charge is 0.472 e. The van der Waals surface area contributed by atoms with Crippen LogP contribution in [0, 0.1) is 11.8 Å². The summed E-state index contributed by atoms with van der Waals surface area (Å²) in [4.78, 5) is 35.3. The van der Waals surface area contributed by atoms with Gasteiger partial charge in [0.05, 0.1) is 46.2 Å². The zero-order valence-electron chi connectivity index (χ0n) is 35.8. The summed E-state index contributed by atoms with van der Waals surface area (Å²) in [7, 11) is 1.53. The molecule has 0 aromatic carbocycles. The Balaban J connectivity index is 2.48. The molecule has 1 aliphatic rings. The standard InChI is InChI=1S/C44H80NO10P/c1-6-8-10-11-12-13-14-15-16-17-18-19-22-26-33-52-39(37-55-56(50,51)54-34-32-45(3,4)5)36-53-44(49)29-25-21-20-24-28-40-41(43(48)35-42(40)47)31-30-38(46)27-23-9-7-2/h20,24,26,30-31,33,38-42,46-47H,6-19,21-23,25,27-29,32,34-37H2,1-5H3/p+1/b24-20-,31-30+,33-26+/t38-,39+,40+,41+,42-/m0/s1. The predicted octanol–water partition coefficient (Wildman–Crippen LogP) is 9.54. The molecule has 3 N–H and O–H groups in total. The summed E-state index contributed by atoms with van der Waals surface area (Å²) in [6, 6.07) is 0. The number of quaternary nitrogens is 1. The fourth-order valence-electron chi connectivity index (χ4n) is 6.58. The second kappa shape index (κ2) is 32.1. The third kappa shape index (κ3) is 28.5. The number of hydrogen-bond donors (Lipinski definition) is 3. The molecule has 0 saturated heterocycles. The van der Waals surface area contributed by atoms with Crippen molar-refractivity contribution in [2.24, 2.45) is 11.8 Å². The number of rotatable bonds is 36. The molecular weight excluding hydrogens is 733 g/mol. The van der Waals surface area contributed by atoms with Crippen molar-refractivity contribution in [1.29, 1.82) is 0 Å². The summed E-state index contributed by atoms with van der Waals surface area (Å²) < 4.78 is 34.7. The second-order valence-electron chi connectivity index (χ2n) is 16.6. The van der Waals surface area contributed by atoms with E-state index < -0.39 is 38.0 Å². The molecule has 0 aromatic heterocycles. The number of ether oxygens (including phenoxy) is 2. The Bertz CT molecular complexity index is 1150. The van der Waals surface area contributed by atoms with E-state index in [0.29, 0.717) is 36.7 Å². The first-order chi connectivity index (χ1) is 26.8. The first-order valence-corrected chi connectivity index (χ1v) is 23.4. The maximum Gasteiger partial charge on any atom is 0.472 e. The number of nitrogens with zero attached hydrogens (tertiary/aromatic N) is 1. The highest BCUT2D eigenvalue weighted by molar-refractivity contribution is 7.47. The van der Waals surface area contributed by atoms with Crippen LogP contribution >= 0.6 is 7.82 Å². The van der Waals surface area contributed by atoms with Crippen molar-refractivity contribution in [2.45, 2.75) is 173 Å². The van der Waals surface area contributed by atoms with Crippen LogP contribution in [0.15, 0.2) is 36.6 Å². The van der Waals surface area contributed by atoms with E-state index in [9.17, 15) is 29.3 Å². The van der Waals surface area contributed by atoms with Gasteiger partial charge in [-0.15, -0.1) is 0 Å². The number of esters is 1. The Morgan fingerprint density at radius 2 is 1.45 bits per heavy atom. The van der Waals surface area contributed by atoms with Crippen LogP contribution in [0.2, 0.25) is 0 Å². The first-order valence-electron chi connectivity index (χ1n) is 21.9. The molecular formula is C44H81NO10P+. The normalized spacial score (nSPS) is 20.0. The van der Waals surface area contributed by atoms with Crippen molar-refractivity contribution in [3.8, 4) is 0 Å². The third-order valence-electron chi connectivity index (χ3n) is 10.2. The van der Waals surface area contributed by atoms with Gasteiger partial charge in [-0.3, -0.25) is 18.6 Å². The van der Waals surface area contributed by atoms with Crippen molar-refractivity contribution in [3.63, 3.8) is 0 Å². The molecule has 0 aromatic rings. The number of unbranched alkanes of at least 4 members (excludes halogenated alkanes) is 15. The number of likely N-dealkylation sites (N-methyl/N-ethyl adjacent to an activating group) is 1. The summed E-state index contributed by atoms with van der Waals surface area (Å²) in [6.45, 7) is 4.49. The number of allylic oxidation sites excluding steroid dienone is 4. The van der Waals surface area contributed by atoms with Crippen LogP contribution in [0.4, 0.5) is 0 Å². The predicted molar refractivity (Wildman–Crippen MR) is 225 cm³/mol. The molecule has 1 fully saturated rings. The maximum absolute atomic E-state index is 12.6. The van der Waals surface area contributed by atoms with Crippen LogP contribution in [-0.4, -0.2) is 97.2 Å². The molecule has 0 amide bonds. The summed E-state index contributed by atoms with van der Waals surface area (Å²) in [5, 5.41) is 20.7. The third-order valence-corrected chi connectivity index (χ3v) is 11.2. The van der Waals surface area contributed by atoms with Crippen LogP contribution < -0.4 is 0 Å². The Hall–Kier alpha value is -1.85. The summed E-state index contributed by atoms with van der Waals surface area (Å²) in [5.41, 5.74) is 0. The second-order valence-corrected chi connectivity index (χ2v) is 18.0. The van der Waals surface area contributed by atoms with Gasteiger partial charge in [-0.05, 0) is 44.6 Å². The number of ketones is 1. The lowest BCUT2D eigenvalue weighted by Crippen LogP contribution is -2.37. The minimum absolute atomic E-state index is 0.00685. The van der Waals surface area contributed by atoms with Crippen LogP contribution in [-0.2, 0) is 32.7 Å². The zero-order valence-corrected chi connectivity index (χ0v) is 36.7. The summed E-state index contributed by atoms with van der Waals surface area (Å²) in [6.07, 6.45) is 30.7. The van der Waals surface area contributed by atoms with Gasteiger partial charge in [0.15, 0.2) is 6.10 Å². The Kier molecular flexibility index (Phi) is 29.9. The van der Waals surface area contributed by atoms with Crippen molar-refractivity contribution in [2.75, 3.05) is 47.5 Å². The molecule has 1 saturated carbocycles. The van der Waals surface area contributed by atoms with Gasteiger partial charge in [-0.1, -0.05) is 128 Å². The molecule has 326 valence electrons. The van der Waals surface area contributed by atoms with Gasteiger partial charge in [0.2, 0.25) is 0 Å². The molecule has 6 atom stereocenters. The molecule has 1 rings (SSSR count). The Morgan fingerprint density at radius 3 is 2.09 bits per heavy atom. The number of carbonyl (C=O) groups excluding carboxylic acids is 2. The Morgan fingerprint density at radius 1 is 0.839 bits per heavy atom. The van der Waals surface area contributed by atoms with Crippen LogP contribution in [0.25, 0.3) is 0 Å². The van der Waals surface area contributed by atoms with E-state index in [1.807, 2.05) is 39.4 Å². The molecule has 0 heterocycles. The average molecular weight is 815 g/mol. The number of carbonyl (C=O) groups is 2. The van der Waals surface area contributed by atoms with Crippen molar-refractivity contribution in [1.82, 2.24) is 0 Å². The van der Waals surface area contributed by atoms with E-state index in [1.165, 1.54) is 64.2 Å². The minimum atomic E-state index is -4.33. The first kappa shape index (κ1) is 52.2. The molecule has 1 aliphatic carbocycles. The van der Waals surface area contributed by atoms with E-state index >= 15 is 0 Å². The molecule has 11 nitrogen and oxygen atoms in total. The van der Waals surface area contributed by atoms with Gasteiger partial charge >= 0.3 is 13.8 Å². The van der Waals surface area contributed by atoms with E-state index in [1.54, 1.807) is 18.4 Å². The number of hydrogen-bond acceptors (Lipinski definition) is 9. The lowest BCUT2D eigenvalue weighted by Gasteiger charge is -2.24. The summed E-state index contributed by atoms with van der Waals surface area (Å²) in [5.74, 6) is -1.08. The fourth-order valence-corrected chi connectivity index (χ4v) is 7.32. The van der Waals surface area contributed by atoms with E-state index in [0.717, 1.165) is 38.5 Å². The maximum atomic E-state index is 12.6. The molecule has 1 unspecified atom stereocenters. The van der Waals surface area contributed by atoms with Crippen LogP contribution in [0.3, 0.4) is 0 Å². The van der Waals surface area contributed by atoms with Crippen LogP contribution in [0.1, 0.15) is 155 Å². The van der Waals surface area contributed by atoms with Crippen LogP contribution in [0.5, 0.6) is 0 Å². The highest BCUT2D eigenvalue weighted by Gasteiger charge is 2.39. The number of Topliss-reactive ketones (excluding diaryl/α,β-unsaturated/α-hetero) is 1. The topological polar surface area (TPSA) is 149 Å². The van der Waals surface area contributed by atoms with E-state index in [-0.39, 0.29) is 44.4 Å². The minimum Gasteiger partial charge on any atom is -0.492 e. The van der Waals surface area contributed by atoms with E-state index in [4.69, 9.17) is 18.5 Å².